The number of aryl methyl sites for hydroxylation is 1. The summed E-state index contributed by atoms with van der Waals surface area (Å²) in [6.07, 6.45) is 0. The second kappa shape index (κ2) is 8.22. The van der Waals surface area contributed by atoms with Crippen LogP contribution in [-0.4, -0.2) is 13.3 Å². The van der Waals surface area contributed by atoms with Gasteiger partial charge in [-0.1, -0.05) is 41.1 Å². The molecule has 0 spiro atoms. The van der Waals surface area contributed by atoms with Crippen LogP contribution < -0.4 is 4.72 Å². The van der Waals surface area contributed by atoms with Gasteiger partial charge in [-0.25, -0.2) is 8.42 Å². The molecule has 0 amide bonds. The monoisotopic (exact) mass is 434 g/mol. The fourth-order valence-corrected chi connectivity index (χ4v) is 4.45. The smallest absolute Gasteiger partial charge is 0.279 e. The lowest BCUT2D eigenvalue weighted by Crippen LogP contribution is -2.13. The van der Waals surface area contributed by atoms with Crippen molar-refractivity contribution in [2.24, 2.45) is 0 Å². The number of nitrogens with one attached hydrogen (secondary N) is 1. The molecule has 6 nitrogen and oxygen atoms in total. The molecule has 0 saturated carbocycles. The minimum atomic E-state index is -3.84. The number of nitro benzene ring substituents is 1. The third-order valence-electron chi connectivity index (χ3n) is 3.78. The first kappa shape index (κ1) is 20.2. The summed E-state index contributed by atoms with van der Waals surface area (Å²) in [6, 6.07) is 17.5. The number of anilines is 1. The van der Waals surface area contributed by atoms with Crippen molar-refractivity contribution in [1.29, 1.82) is 0 Å². The van der Waals surface area contributed by atoms with E-state index in [0.717, 1.165) is 10.5 Å². The quantitative estimate of drug-likeness (QED) is 0.408. The maximum atomic E-state index is 12.5. The van der Waals surface area contributed by atoms with Gasteiger partial charge in [-0.3, -0.25) is 14.8 Å². The van der Waals surface area contributed by atoms with Gasteiger partial charge in [-0.05, 0) is 55.5 Å². The predicted molar refractivity (Wildman–Crippen MR) is 111 cm³/mol. The van der Waals surface area contributed by atoms with Gasteiger partial charge in [0.1, 0.15) is 0 Å². The van der Waals surface area contributed by atoms with Crippen LogP contribution in [0.5, 0.6) is 0 Å². The minimum absolute atomic E-state index is 0.0837. The van der Waals surface area contributed by atoms with Gasteiger partial charge in [-0.15, -0.1) is 0 Å². The molecule has 0 unspecified atom stereocenters. The van der Waals surface area contributed by atoms with Crippen molar-refractivity contribution in [1.82, 2.24) is 0 Å². The molecule has 0 atom stereocenters. The number of hydrogen-bond donors (Lipinski definition) is 1. The van der Waals surface area contributed by atoms with E-state index in [0.29, 0.717) is 9.92 Å². The Bertz CT molecular complexity index is 1120. The fourth-order valence-electron chi connectivity index (χ4n) is 2.37. The molecule has 28 heavy (non-hydrogen) atoms. The Kier molecular flexibility index (Phi) is 5.93. The van der Waals surface area contributed by atoms with Crippen LogP contribution in [0.4, 0.5) is 11.4 Å². The van der Waals surface area contributed by atoms with Crippen molar-refractivity contribution in [2.75, 3.05) is 4.72 Å². The second-order valence-corrected chi connectivity index (χ2v) is 9.15. The molecule has 0 saturated heterocycles. The zero-order chi connectivity index (χ0) is 20.3. The molecular weight excluding hydrogens is 420 g/mol. The molecule has 0 aliphatic rings. The topological polar surface area (TPSA) is 89.3 Å². The molecule has 0 aromatic heterocycles. The van der Waals surface area contributed by atoms with Crippen LogP contribution in [0.3, 0.4) is 0 Å². The molecule has 3 aromatic carbocycles. The average Bonchev–Trinajstić information content (AvgIpc) is 2.64. The fraction of sp³-hybridized carbons (Fsp3) is 0.0526. The first-order valence-electron chi connectivity index (χ1n) is 8.06. The zero-order valence-electron chi connectivity index (χ0n) is 14.6. The summed E-state index contributed by atoms with van der Waals surface area (Å²) in [4.78, 5) is 12.2. The summed E-state index contributed by atoms with van der Waals surface area (Å²) in [5.74, 6) is 0. The highest BCUT2D eigenvalue weighted by Gasteiger charge is 2.19. The van der Waals surface area contributed by atoms with Crippen molar-refractivity contribution in [3.8, 4) is 0 Å². The van der Waals surface area contributed by atoms with E-state index in [1.807, 2.05) is 6.92 Å². The summed E-state index contributed by atoms with van der Waals surface area (Å²) in [6.45, 7) is 1.85. The number of rotatable bonds is 6. The molecule has 9 heteroatoms. The predicted octanol–water partition coefficient (Wildman–Crippen LogP) is 5.51. The Morgan fingerprint density at radius 3 is 2.25 bits per heavy atom. The highest BCUT2D eigenvalue weighted by molar-refractivity contribution is 7.99. The molecule has 3 aromatic rings. The largest absolute Gasteiger partial charge is 0.285 e. The van der Waals surface area contributed by atoms with Crippen LogP contribution in [0.1, 0.15) is 5.56 Å². The molecule has 0 radical (unpaired) electrons. The van der Waals surface area contributed by atoms with Crippen molar-refractivity contribution in [3.05, 3.63) is 87.4 Å². The van der Waals surface area contributed by atoms with Gasteiger partial charge < -0.3 is 0 Å². The van der Waals surface area contributed by atoms with E-state index in [2.05, 4.69) is 4.72 Å². The number of halogens is 1. The van der Waals surface area contributed by atoms with Crippen LogP contribution in [0, 0.1) is 17.0 Å². The number of nitro groups is 1. The van der Waals surface area contributed by atoms with Gasteiger partial charge in [0.15, 0.2) is 0 Å². The highest BCUT2D eigenvalue weighted by atomic mass is 35.5. The van der Waals surface area contributed by atoms with E-state index < -0.39 is 14.9 Å². The molecule has 3 rings (SSSR count). The second-order valence-electron chi connectivity index (χ2n) is 5.91. The van der Waals surface area contributed by atoms with E-state index in [1.165, 1.54) is 42.1 Å². The maximum absolute atomic E-state index is 12.5. The van der Waals surface area contributed by atoms with E-state index in [-0.39, 0.29) is 16.3 Å². The summed E-state index contributed by atoms with van der Waals surface area (Å²) in [7, 11) is -3.84. The lowest BCUT2D eigenvalue weighted by atomic mass is 10.2. The Morgan fingerprint density at radius 2 is 1.64 bits per heavy atom. The molecule has 0 aliphatic carbocycles. The minimum Gasteiger partial charge on any atom is -0.279 e. The molecule has 0 bridgehead atoms. The van der Waals surface area contributed by atoms with E-state index >= 15 is 0 Å². The Morgan fingerprint density at radius 1 is 1.00 bits per heavy atom. The summed E-state index contributed by atoms with van der Waals surface area (Å²) < 4.78 is 27.4. The van der Waals surface area contributed by atoms with Gasteiger partial charge in [-0.2, -0.15) is 0 Å². The third-order valence-corrected chi connectivity index (χ3v) is 6.50. The van der Waals surface area contributed by atoms with E-state index in [9.17, 15) is 18.5 Å². The SMILES string of the molecule is Cc1ccc(S(=O)(=O)Nc2ccc(Sc3ccc(Cl)cc3)c([N+](=O)[O-])c2)cc1. The van der Waals surface area contributed by atoms with Crippen molar-refractivity contribution >= 4 is 44.8 Å². The van der Waals surface area contributed by atoms with Crippen LogP contribution >= 0.6 is 23.4 Å². The van der Waals surface area contributed by atoms with Crippen LogP contribution in [-0.2, 0) is 10.0 Å². The number of hydrogen-bond acceptors (Lipinski definition) is 5. The van der Waals surface area contributed by atoms with Gasteiger partial charge in [0.25, 0.3) is 15.7 Å². The molecule has 1 N–H and O–H groups in total. The van der Waals surface area contributed by atoms with Crippen LogP contribution in [0.15, 0.2) is 81.4 Å². The first-order chi connectivity index (χ1) is 13.2. The number of sulfonamides is 1. The van der Waals surface area contributed by atoms with Crippen molar-refractivity contribution in [3.63, 3.8) is 0 Å². The summed E-state index contributed by atoms with van der Waals surface area (Å²) in [5, 5.41) is 12.1. The number of benzene rings is 3. The molecule has 0 fully saturated rings. The summed E-state index contributed by atoms with van der Waals surface area (Å²) in [5.41, 5.74) is 0.856. The third kappa shape index (κ3) is 4.83. The van der Waals surface area contributed by atoms with Gasteiger partial charge in [0.2, 0.25) is 0 Å². The van der Waals surface area contributed by atoms with Gasteiger partial charge in [0.05, 0.1) is 20.4 Å². The number of nitrogens with zero attached hydrogens (tertiary/aromatic N) is 1. The molecule has 0 aliphatic heterocycles. The van der Waals surface area contributed by atoms with Gasteiger partial charge in [0, 0.05) is 16.0 Å². The van der Waals surface area contributed by atoms with Gasteiger partial charge >= 0.3 is 0 Å². The van der Waals surface area contributed by atoms with Crippen LogP contribution in [0.2, 0.25) is 5.02 Å². The average molecular weight is 435 g/mol. The van der Waals surface area contributed by atoms with Crippen LogP contribution in [0.25, 0.3) is 0 Å². The van der Waals surface area contributed by atoms with Crippen molar-refractivity contribution in [2.45, 2.75) is 21.6 Å². The molecule has 144 valence electrons. The lowest BCUT2D eigenvalue weighted by Gasteiger charge is -2.10. The lowest BCUT2D eigenvalue weighted by molar-refractivity contribution is -0.387. The van der Waals surface area contributed by atoms with E-state index in [4.69, 9.17) is 11.6 Å². The Balaban J connectivity index is 1.89. The Hall–Kier alpha value is -2.55. The summed E-state index contributed by atoms with van der Waals surface area (Å²) >= 11 is 7.05. The first-order valence-corrected chi connectivity index (χ1v) is 10.7. The molecular formula is C19H15ClN2O4S2. The highest BCUT2D eigenvalue weighted by Crippen LogP contribution is 2.37. The van der Waals surface area contributed by atoms with Crippen molar-refractivity contribution < 1.29 is 13.3 Å². The zero-order valence-corrected chi connectivity index (χ0v) is 17.0. The van der Waals surface area contributed by atoms with E-state index in [1.54, 1.807) is 36.4 Å². The maximum Gasteiger partial charge on any atom is 0.285 e. The molecule has 0 heterocycles. The standard InChI is InChI=1S/C19H15ClN2O4S2/c1-13-2-9-17(10-3-13)28(25,26)21-15-6-11-19(18(12-15)22(23)24)27-16-7-4-14(20)5-8-16/h2-12,21H,1H3. The Labute approximate surface area is 171 Å². The normalized spacial score (nSPS) is 11.2.